The van der Waals surface area contributed by atoms with Crippen LogP contribution in [0.3, 0.4) is 0 Å². The number of fused-ring (bicyclic) bond motifs is 1. The van der Waals surface area contributed by atoms with E-state index in [0.29, 0.717) is 0 Å². The molecular weight excluding hydrogens is 317 g/mol. The number of aromatic amines is 1. The van der Waals surface area contributed by atoms with Gasteiger partial charge in [-0.2, -0.15) is 0 Å². The van der Waals surface area contributed by atoms with Crippen LogP contribution in [0, 0.1) is 5.82 Å². The molecule has 0 bridgehead atoms. The van der Waals surface area contributed by atoms with Crippen molar-refractivity contribution in [2.45, 2.75) is 13.0 Å². The lowest BCUT2D eigenvalue weighted by Gasteiger charge is -2.22. The molecule has 0 unspecified atom stereocenters. The van der Waals surface area contributed by atoms with Gasteiger partial charge in [0.1, 0.15) is 5.82 Å². The first-order chi connectivity index (χ1) is 12.1. The number of benzene rings is 1. The Morgan fingerprint density at radius 2 is 2.20 bits per heavy atom. The monoisotopic (exact) mass is 341 g/mol. The summed E-state index contributed by atoms with van der Waals surface area (Å²) in [5, 5.41) is 4.46. The Labute approximate surface area is 147 Å². The van der Waals surface area contributed by atoms with E-state index in [-0.39, 0.29) is 5.82 Å². The number of guanidine groups is 1. The van der Waals surface area contributed by atoms with Crippen molar-refractivity contribution in [3.63, 3.8) is 0 Å². The summed E-state index contributed by atoms with van der Waals surface area (Å²) in [7, 11) is 5.86. The fraction of sp³-hybridized carbons (Fsp3) is 0.316. The number of aromatic nitrogens is 2. The Hall–Kier alpha value is -2.76. The van der Waals surface area contributed by atoms with Gasteiger partial charge in [-0.15, -0.1) is 0 Å². The number of aliphatic imine (C=N–C) groups is 1. The Kier molecular flexibility index (Phi) is 5.07. The predicted octanol–water partition coefficient (Wildman–Crippen LogP) is 2.90. The lowest BCUT2D eigenvalue weighted by atomic mass is 10.1. The Morgan fingerprint density at radius 1 is 1.36 bits per heavy atom. The van der Waals surface area contributed by atoms with E-state index in [1.165, 1.54) is 23.4 Å². The average molecular weight is 341 g/mol. The first kappa shape index (κ1) is 17.1. The first-order valence-corrected chi connectivity index (χ1v) is 8.36. The number of hydrogen-bond acceptors (Lipinski definition) is 1. The normalized spacial score (nSPS) is 11.9. The zero-order valence-electron chi connectivity index (χ0n) is 14.9. The Morgan fingerprint density at radius 3 is 2.92 bits per heavy atom. The van der Waals surface area contributed by atoms with E-state index in [2.05, 4.69) is 30.8 Å². The molecule has 1 aromatic carbocycles. The van der Waals surface area contributed by atoms with Crippen LogP contribution in [0.5, 0.6) is 0 Å². The molecule has 132 valence electrons. The molecule has 0 aliphatic heterocycles. The van der Waals surface area contributed by atoms with Gasteiger partial charge in [-0.3, -0.25) is 4.99 Å². The molecule has 0 spiro atoms. The van der Waals surface area contributed by atoms with Gasteiger partial charge in [-0.1, -0.05) is 0 Å². The molecule has 25 heavy (non-hydrogen) atoms. The highest BCUT2D eigenvalue weighted by Crippen LogP contribution is 2.19. The Bertz CT molecular complexity index is 877. The van der Waals surface area contributed by atoms with Gasteiger partial charge in [-0.05, 0) is 42.3 Å². The highest BCUT2D eigenvalue weighted by molar-refractivity contribution is 5.83. The number of H-pyrrole nitrogens is 1. The van der Waals surface area contributed by atoms with Crippen LogP contribution < -0.4 is 5.32 Å². The van der Waals surface area contributed by atoms with Crippen LogP contribution in [0.4, 0.5) is 4.39 Å². The third-order valence-corrected chi connectivity index (χ3v) is 4.43. The molecule has 0 saturated carbocycles. The van der Waals surface area contributed by atoms with Gasteiger partial charge in [0.25, 0.3) is 0 Å². The zero-order chi connectivity index (χ0) is 17.8. The second kappa shape index (κ2) is 7.42. The zero-order valence-corrected chi connectivity index (χ0v) is 14.9. The van der Waals surface area contributed by atoms with Gasteiger partial charge in [0.2, 0.25) is 0 Å². The SMILES string of the molecule is CN=C(NCCc1c[nH]c2cc(F)ccc12)N(C)Cc1cccn1C. The van der Waals surface area contributed by atoms with Crippen LogP contribution in [-0.4, -0.2) is 41.1 Å². The number of nitrogens with zero attached hydrogens (tertiary/aromatic N) is 3. The van der Waals surface area contributed by atoms with Crippen LogP contribution in [0.1, 0.15) is 11.3 Å². The summed E-state index contributed by atoms with van der Waals surface area (Å²) < 4.78 is 15.4. The van der Waals surface area contributed by atoms with Crippen molar-refractivity contribution in [1.29, 1.82) is 0 Å². The fourth-order valence-corrected chi connectivity index (χ4v) is 3.04. The largest absolute Gasteiger partial charge is 0.361 e. The van der Waals surface area contributed by atoms with Gasteiger partial charge in [0.15, 0.2) is 5.96 Å². The van der Waals surface area contributed by atoms with E-state index in [1.54, 1.807) is 7.05 Å². The smallest absolute Gasteiger partial charge is 0.193 e. The maximum atomic E-state index is 13.3. The van der Waals surface area contributed by atoms with Crippen LogP contribution in [0.15, 0.2) is 47.7 Å². The highest BCUT2D eigenvalue weighted by Gasteiger charge is 2.09. The second-order valence-electron chi connectivity index (χ2n) is 6.19. The molecule has 2 heterocycles. The molecule has 3 aromatic rings. The minimum Gasteiger partial charge on any atom is -0.361 e. The van der Waals surface area contributed by atoms with E-state index in [0.717, 1.165) is 36.4 Å². The summed E-state index contributed by atoms with van der Waals surface area (Å²) in [6.45, 7) is 1.55. The van der Waals surface area contributed by atoms with Gasteiger partial charge >= 0.3 is 0 Å². The standard InChI is InChI=1S/C19H24FN5/c1-21-19(25(3)13-16-5-4-10-24(16)2)22-9-8-14-12-23-18-11-15(20)6-7-17(14)18/h4-7,10-12,23H,8-9,13H2,1-3H3,(H,21,22). The summed E-state index contributed by atoms with van der Waals surface area (Å²) in [4.78, 5) is 9.58. The van der Waals surface area contributed by atoms with E-state index >= 15 is 0 Å². The van der Waals surface area contributed by atoms with Gasteiger partial charge < -0.3 is 19.8 Å². The third-order valence-electron chi connectivity index (χ3n) is 4.43. The third kappa shape index (κ3) is 3.84. The van der Waals surface area contributed by atoms with Crippen molar-refractivity contribution in [3.8, 4) is 0 Å². The summed E-state index contributed by atoms with van der Waals surface area (Å²) in [5.74, 6) is 0.633. The quantitative estimate of drug-likeness (QED) is 0.554. The summed E-state index contributed by atoms with van der Waals surface area (Å²) in [5.41, 5.74) is 3.23. The number of aryl methyl sites for hydroxylation is 1. The van der Waals surface area contributed by atoms with Crippen molar-refractivity contribution in [1.82, 2.24) is 19.8 Å². The van der Waals surface area contributed by atoms with Crippen molar-refractivity contribution in [2.24, 2.45) is 12.0 Å². The molecule has 0 aliphatic rings. The lowest BCUT2D eigenvalue weighted by Crippen LogP contribution is -2.39. The van der Waals surface area contributed by atoms with Crippen LogP contribution >= 0.6 is 0 Å². The molecule has 0 aliphatic carbocycles. The Balaban J connectivity index is 1.58. The average Bonchev–Trinajstić information content (AvgIpc) is 3.17. The maximum Gasteiger partial charge on any atom is 0.193 e. The molecule has 0 amide bonds. The van der Waals surface area contributed by atoms with E-state index in [1.807, 2.05) is 38.6 Å². The van der Waals surface area contributed by atoms with Crippen molar-refractivity contribution >= 4 is 16.9 Å². The topological polar surface area (TPSA) is 48.4 Å². The number of halogens is 1. The molecule has 5 nitrogen and oxygen atoms in total. The summed E-state index contributed by atoms with van der Waals surface area (Å²) in [6.07, 6.45) is 4.82. The fourth-order valence-electron chi connectivity index (χ4n) is 3.04. The second-order valence-corrected chi connectivity index (χ2v) is 6.19. The summed E-state index contributed by atoms with van der Waals surface area (Å²) >= 11 is 0. The van der Waals surface area contributed by atoms with Gasteiger partial charge in [-0.25, -0.2) is 4.39 Å². The molecule has 3 rings (SSSR count). The molecule has 0 fully saturated rings. The van der Waals surface area contributed by atoms with Crippen LogP contribution in [-0.2, 0) is 20.0 Å². The molecule has 6 heteroatoms. The molecule has 0 atom stereocenters. The first-order valence-electron chi connectivity index (χ1n) is 8.36. The minimum absolute atomic E-state index is 0.221. The summed E-state index contributed by atoms with van der Waals surface area (Å²) in [6, 6.07) is 9.00. The van der Waals surface area contributed by atoms with Crippen molar-refractivity contribution < 1.29 is 4.39 Å². The van der Waals surface area contributed by atoms with Crippen molar-refractivity contribution in [3.05, 3.63) is 59.8 Å². The van der Waals surface area contributed by atoms with E-state index < -0.39 is 0 Å². The molecule has 0 radical (unpaired) electrons. The molecule has 2 N–H and O–H groups in total. The lowest BCUT2D eigenvalue weighted by molar-refractivity contribution is 0.462. The predicted molar refractivity (Wildman–Crippen MR) is 100 cm³/mol. The maximum absolute atomic E-state index is 13.3. The van der Waals surface area contributed by atoms with Crippen LogP contribution in [0.25, 0.3) is 10.9 Å². The molecular formula is C19H24FN5. The number of nitrogens with one attached hydrogen (secondary N) is 2. The number of hydrogen-bond donors (Lipinski definition) is 2. The van der Waals surface area contributed by atoms with E-state index in [9.17, 15) is 4.39 Å². The molecule has 2 aromatic heterocycles. The van der Waals surface area contributed by atoms with E-state index in [4.69, 9.17) is 0 Å². The van der Waals surface area contributed by atoms with Crippen molar-refractivity contribution in [2.75, 3.05) is 20.6 Å². The van der Waals surface area contributed by atoms with Gasteiger partial charge in [0.05, 0.1) is 6.54 Å². The molecule has 0 saturated heterocycles. The van der Waals surface area contributed by atoms with Gasteiger partial charge in [0, 0.05) is 56.7 Å². The number of rotatable bonds is 5. The minimum atomic E-state index is -0.221. The highest BCUT2D eigenvalue weighted by atomic mass is 19.1. The van der Waals surface area contributed by atoms with Crippen LogP contribution in [0.2, 0.25) is 0 Å².